The predicted molar refractivity (Wildman–Crippen MR) is 85.3 cm³/mol. The van der Waals surface area contributed by atoms with Gasteiger partial charge in [0.1, 0.15) is 5.75 Å². The molecular formula is C15H18BrNOS. The molecule has 0 saturated carbocycles. The summed E-state index contributed by atoms with van der Waals surface area (Å²) in [5.74, 6) is 0.862. The van der Waals surface area contributed by atoms with Crippen molar-refractivity contribution in [3.8, 4) is 5.75 Å². The average molecular weight is 340 g/mol. The van der Waals surface area contributed by atoms with Gasteiger partial charge in [-0.1, -0.05) is 13.0 Å². The highest BCUT2D eigenvalue weighted by Gasteiger charge is 2.16. The molecule has 0 spiro atoms. The van der Waals surface area contributed by atoms with Gasteiger partial charge in [-0.3, -0.25) is 0 Å². The molecule has 0 aliphatic carbocycles. The van der Waals surface area contributed by atoms with Gasteiger partial charge >= 0.3 is 0 Å². The lowest BCUT2D eigenvalue weighted by atomic mass is 10.1. The zero-order valence-electron chi connectivity index (χ0n) is 11.4. The van der Waals surface area contributed by atoms with Gasteiger partial charge in [-0.2, -0.15) is 0 Å². The molecule has 0 aliphatic rings. The first-order valence-corrected chi connectivity index (χ1v) is 7.89. The van der Waals surface area contributed by atoms with Crippen molar-refractivity contribution in [3.05, 3.63) is 50.1 Å². The van der Waals surface area contributed by atoms with Crippen molar-refractivity contribution < 1.29 is 4.74 Å². The minimum absolute atomic E-state index is 0.242. The molecular weight excluding hydrogens is 322 g/mol. The van der Waals surface area contributed by atoms with Gasteiger partial charge in [-0.15, -0.1) is 11.3 Å². The number of ether oxygens (including phenoxy) is 1. The van der Waals surface area contributed by atoms with Gasteiger partial charge in [0.25, 0.3) is 0 Å². The Bertz CT molecular complexity index is 553. The summed E-state index contributed by atoms with van der Waals surface area (Å²) in [5, 5.41) is 3.54. The Labute approximate surface area is 126 Å². The number of halogens is 1. The summed E-state index contributed by atoms with van der Waals surface area (Å²) in [6.07, 6.45) is 0. The number of benzene rings is 1. The van der Waals surface area contributed by atoms with E-state index in [2.05, 4.69) is 59.4 Å². The van der Waals surface area contributed by atoms with Gasteiger partial charge in [-0.25, -0.2) is 0 Å². The maximum atomic E-state index is 5.28. The highest BCUT2D eigenvalue weighted by Crippen LogP contribution is 2.33. The van der Waals surface area contributed by atoms with E-state index in [0.29, 0.717) is 0 Å². The summed E-state index contributed by atoms with van der Waals surface area (Å²) in [6.45, 7) is 5.21. The van der Waals surface area contributed by atoms with Crippen LogP contribution in [0.5, 0.6) is 5.75 Å². The highest BCUT2D eigenvalue weighted by molar-refractivity contribution is 9.10. The molecule has 1 aromatic carbocycles. The van der Waals surface area contributed by atoms with Crippen LogP contribution >= 0.6 is 27.3 Å². The summed E-state index contributed by atoms with van der Waals surface area (Å²) in [4.78, 5) is 2.68. The van der Waals surface area contributed by atoms with E-state index >= 15 is 0 Å². The predicted octanol–water partition coefficient (Wildman–Crippen LogP) is 4.53. The molecule has 1 N–H and O–H groups in total. The van der Waals surface area contributed by atoms with Crippen molar-refractivity contribution in [2.24, 2.45) is 0 Å². The number of aryl methyl sites for hydroxylation is 1. The number of thiophene rings is 1. The Morgan fingerprint density at radius 3 is 2.63 bits per heavy atom. The van der Waals surface area contributed by atoms with Gasteiger partial charge < -0.3 is 10.1 Å². The molecule has 1 heterocycles. The van der Waals surface area contributed by atoms with Crippen molar-refractivity contribution in [2.45, 2.75) is 19.9 Å². The maximum Gasteiger partial charge on any atom is 0.133 e. The van der Waals surface area contributed by atoms with Crippen LogP contribution in [-0.2, 0) is 0 Å². The van der Waals surface area contributed by atoms with Crippen LogP contribution in [0.3, 0.4) is 0 Å². The first-order valence-electron chi connectivity index (χ1n) is 6.29. The third kappa shape index (κ3) is 3.38. The lowest BCUT2D eigenvalue weighted by molar-refractivity contribution is 0.412. The van der Waals surface area contributed by atoms with E-state index in [1.54, 1.807) is 7.11 Å². The molecule has 2 rings (SSSR count). The quantitative estimate of drug-likeness (QED) is 0.864. The van der Waals surface area contributed by atoms with Gasteiger partial charge in [0, 0.05) is 9.75 Å². The second kappa shape index (κ2) is 6.55. The molecule has 1 unspecified atom stereocenters. The van der Waals surface area contributed by atoms with Gasteiger partial charge in [0.15, 0.2) is 0 Å². The third-order valence-corrected chi connectivity index (χ3v) is 4.65. The second-order valence-electron chi connectivity index (χ2n) is 4.33. The molecule has 19 heavy (non-hydrogen) atoms. The first-order chi connectivity index (χ1) is 9.15. The number of methoxy groups -OCH3 is 1. The van der Waals surface area contributed by atoms with E-state index in [0.717, 1.165) is 16.8 Å². The number of nitrogens with one attached hydrogen (secondary N) is 1. The Kier molecular flexibility index (Phi) is 5.02. The summed E-state index contributed by atoms with van der Waals surface area (Å²) < 4.78 is 6.27. The van der Waals surface area contributed by atoms with E-state index in [4.69, 9.17) is 4.74 Å². The Morgan fingerprint density at radius 1 is 1.32 bits per heavy atom. The van der Waals surface area contributed by atoms with E-state index in [1.165, 1.54) is 15.3 Å². The molecule has 0 aliphatic heterocycles. The molecule has 1 aromatic heterocycles. The van der Waals surface area contributed by atoms with Crippen molar-refractivity contribution in [2.75, 3.05) is 13.7 Å². The zero-order valence-corrected chi connectivity index (χ0v) is 13.8. The molecule has 4 heteroatoms. The lowest BCUT2D eigenvalue weighted by Gasteiger charge is -2.18. The van der Waals surface area contributed by atoms with Crippen LogP contribution in [0.15, 0.2) is 34.8 Å². The fourth-order valence-electron chi connectivity index (χ4n) is 2.06. The van der Waals surface area contributed by atoms with Crippen LogP contribution in [0.1, 0.15) is 28.3 Å². The maximum absolute atomic E-state index is 5.28. The topological polar surface area (TPSA) is 21.3 Å². The second-order valence-corrected chi connectivity index (χ2v) is 6.51. The summed E-state index contributed by atoms with van der Waals surface area (Å²) >= 11 is 5.39. The molecule has 2 nitrogen and oxygen atoms in total. The first kappa shape index (κ1) is 14.6. The average Bonchev–Trinajstić information content (AvgIpc) is 2.82. The molecule has 0 saturated heterocycles. The van der Waals surface area contributed by atoms with E-state index < -0.39 is 0 Å². The van der Waals surface area contributed by atoms with Crippen molar-refractivity contribution in [1.29, 1.82) is 0 Å². The largest absolute Gasteiger partial charge is 0.496 e. The molecule has 1 atom stereocenters. The molecule has 0 fully saturated rings. The van der Waals surface area contributed by atoms with Crippen molar-refractivity contribution >= 4 is 27.3 Å². The van der Waals surface area contributed by atoms with Crippen LogP contribution in [0.25, 0.3) is 0 Å². The molecule has 0 radical (unpaired) electrons. The number of hydrogen-bond acceptors (Lipinski definition) is 3. The van der Waals surface area contributed by atoms with Crippen LogP contribution in [0.2, 0.25) is 0 Å². The van der Waals surface area contributed by atoms with Crippen LogP contribution in [-0.4, -0.2) is 13.7 Å². The SMILES string of the molecule is CCNC(c1ccc(OC)c(Br)c1)c1ccc(C)s1. The minimum atomic E-state index is 0.242. The molecule has 102 valence electrons. The summed E-state index contributed by atoms with van der Waals surface area (Å²) in [5.41, 5.74) is 1.25. The van der Waals surface area contributed by atoms with Crippen molar-refractivity contribution in [1.82, 2.24) is 5.32 Å². The molecule has 2 aromatic rings. The van der Waals surface area contributed by atoms with Gasteiger partial charge in [0.2, 0.25) is 0 Å². The lowest BCUT2D eigenvalue weighted by Crippen LogP contribution is -2.21. The zero-order chi connectivity index (χ0) is 13.8. The van der Waals surface area contributed by atoms with Gasteiger partial charge in [-0.05, 0) is 59.2 Å². The van der Waals surface area contributed by atoms with Gasteiger partial charge in [0.05, 0.1) is 17.6 Å². The van der Waals surface area contributed by atoms with E-state index in [1.807, 2.05) is 17.4 Å². The monoisotopic (exact) mass is 339 g/mol. The standard InChI is InChI=1S/C15H18BrNOS/c1-4-17-15(14-8-5-10(2)19-14)11-6-7-13(18-3)12(16)9-11/h5-9,15,17H,4H2,1-3H3. The van der Waals surface area contributed by atoms with Crippen LogP contribution in [0.4, 0.5) is 0 Å². The van der Waals surface area contributed by atoms with E-state index in [9.17, 15) is 0 Å². The van der Waals surface area contributed by atoms with E-state index in [-0.39, 0.29) is 6.04 Å². The Hall–Kier alpha value is -0.840. The third-order valence-electron chi connectivity index (χ3n) is 2.96. The molecule has 0 amide bonds. The highest BCUT2D eigenvalue weighted by atomic mass is 79.9. The fraction of sp³-hybridized carbons (Fsp3) is 0.333. The summed E-state index contributed by atoms with van der Waals surface area (Å²) in [7, 11) is 1.68. The smallest absolute Gasteiger partial charge is 0.133 e. The Balaban J connectivity index is 2.36. The van der Waals surface area contributed by atoms with Crippen LogP contribution in [0, 0.1) is 6.92 Å². The number of rotatable bonds is 5. The molecule has 0 bridgehead atoms. The normalized spacial score (nSPS) is 12.4. The summed E-state index contributed by atoms with van der Waals surface area (Å²) in [6, 6.07) is 10.9. The number of hydrogen-bond donors (Lipinski definition) is 1. The van der Waals surface area contributed by atoms with Crippen LogP contribution < -0.4 is 10.1 Å². The minimum Gasteiger partial charge on any atom is -0.496 e. The van der Waals surface area contributed by atoms with Crippen molar-refractivity contribution in [3.63, 3.8) is 0 Å². The Morgan fingerprint density at radius 2 is 2.11 bits per heavy atom. The fourth-order valence-corrected chi connectivity index (χ4v) is 3.60.